The van der Waals surface area contributed by atoms with Gasteiger partial charge in [-0.25, -0.2) is 4.57 Å². The van der Waals surface area contributed by atoms with Crippen LogP contribution in [0.2, 0.25) is 0 Å². The van der Waals surface area contributed by atoms with Crippen molar-refractivity contribution in [3.05, 3.63) is 0 Å². The van der Waals surface area contributed by atoms with Crippen LogP contribution in [0.5, 0.6) is 0 Å². The monoisotopic (exact) mass is 476 g/mol. The quantitative estimate of drug-likeness (QED) is 0.110. The van der Waals surface area contributed by atoms with E-state index in [4.69, 9.17) is 9.05 Å². The van der Waals surface area contributed by atoms with Crippen molar-refractivity contribution in [1.82, 2.24) is 0 Å². The number of nitrogens with zero attached hydrogens (tertiary/aromatic N) is 1. The first-order chi connectivity index (χ1) is 15.5. The van der Waals surface area contributed by atoms with E-state index >= 15 is 0 Å². The molecule has 5 nitrogen and oxygen atoms in total. The summed E-state index contributed by atoms with van der Waals surface area (Å²) in [4.78, 5) is 9.94. The number of hydrogen-bond acceptors (Lipinski definition) is 3. The molecule has 1 aliphatic rings. The van der Waals surface area contributed by atoms with Crippen molar-refractivity contribution in [2.75, 3.05) is 39.9 Å². The molecular formula is C26H55NO4P+. The molecule has 192 valence electrons. The first kappa shape index (κ1) is 30.1. The van der Waals surface area contributed by atoms with Crippen LogP contribution < -0.4 is 0 Å². The molecule has 1 saturated heterocycles. The van der Waals surface area contributed by atoms with E-state index in [0.717, 1.165) is 37.0 Å². The van der Waals surface area contributed by atoms with Crippen LogP contribution in [0.15, 0.2) is 0 Å². The van der Waals surface area contributed by atoms with E-state index in [9.17, 15) is 9.46 Å². The molecule has 0 aromatic heterocycles. The number of likely N-dealkylation sites (tertiary alicyclic amines) is 1. The lowest BCUT2D eigenvalue weighted by Crippen LogP contribution is -2.48. The molecule has 0 aliphatic carbocycles. The molecule has 0 radical (unpaired) electrons. The number of likely N-dealkylation sites (N-methyl/N-ethyl adjacent to an activating group) is 1. The maximum Gasteiger partial charge on any atom is 0.472 e. The predicted octanol–water partition coefficient (Wildman–Crippen LogP) is 8.01. The number of phosphoric acid groups is 1. The Morgan fingerprint density at radius 1 is 0.656 bits per heavy atom. The van der Waals surface area contributed by atoms with E-state index in [2.05, 4.69) is 14.0 Å². The molecule has 0 bridgehead atoms. The standard InChI is InChI=1S/C26H54NO4P/c1-3-4-5-6-7-8-9-10-11-12-13-14-18-21-25-30-32(28,29)31-26-24-27(2)22-19-16-15-17-20-23-27/h3-26H2,1-2H3/p+1. The molecule has 0 saturated carbocycles. The second-order valence-electron chi connectivity index (χ2n) is 10.3. The maximum absolute atomic E-state index is 12.1. The molecule has 0 aromatic carbocycles. The molecule has 1 unspecified atom stereocenters. The van der Waals surface area contributed by atoms with Gasteiger partial charge in [0.15, 0.2) is 0 Å². The summed E-state index contributed by atoms with van der Waals surface area (Å²) in [5.41, 5.74) is 0. The number of hydrogen-bond donors (Lipinski definition) is 1. The van der Waals surface area contributed by atoms with E-state index < -0.39 is 7.82 Å². The minimum atomic E-state index is -3.91. The molecular weight excluding hydrogens is 421 g/mol. The summed E-state index contributed by atoms with van der Waals surface area (Å²) >= 11 is 0. The van der Waals surface area contributed by atoms with Gasteiger partial charge in [-0.2, -0.15) is 0 Å². The minimum Gasteiger partial charge on any atom is -0.324 e. The van der Waals surface area contributed by atoms with Gasteiger partial charge in [0.25, 0.3) is 0 Å². The maximum atomic E-state index is 12.1. The summed E-state index contributed by atoms with van der Waals surface area (Å²) in [7, 11) is -1.66. The highest BCUT2D eigenvalue weighted by Crippen LogP contribution is 2.43. The lowest BCUT2D eigenvalue weighted by Gasteiger charge is -2.36. The number of unbranched alkanes of at least 4 members (excludes halogenated alkanes) is 13. The van der Waals surface area contributed by atoms with Gasteiger partial charge in [-0.05, 0) is 32.1 Å². The molecule has 0 spiro atoms. The van der Waals surface area contributed by atoms with Gasteiger partial charge in [0.05, 0.1) is 26.7 Å². The Morgan fingerprint density at radius 3 is 1.56 bits per heavy atom. The van der Waals surface area contributed by atoms with Gasteiger partial charge >= 0.3 is 7.82 Å². The Hall–Kier alpha value is 0.0700. The summed E-state index contributed by atoms with van der Waals surface area (Å²) in [6.45, 7) is 5.94. The highest BCUT2D eigenvalue weighted by molar-refractivity contribution is 7.47. The molecule has 0 aromatic rings. The lowest BCUT2D eigenvalue weighted by molar-refractivity contribution is -0.910. The molecule has 1 heterocycles. The Balaban J connectivity index is 1.91. The van der Waals surface area contributed by atoms with Crippen LogP contribution in [0.1, 0.15) is 129 Å². The number of quaternary nitrogens is 1. The molecule has 6 heteroatoms. The average Bonchev–Trinajstić information content (AvgIpc) is 2.74. The first-order valence-corrected chi connectivity index (χ1v) is 15.4. The van der Waals surface area contributed by atoms with Crippen LogP contribution in [-0.2, 0) is 13.6 Å². The van der Waals surface area contributed by atoms with Gasteiger partial charge in [0.2, 0.25) is 0 Å². The van der Waals surface area contributed by atoms with E-state index in [0.29, 0.717) is 13.2 Å². The average molecular weight is 477 g/mol. The topological polar surface area (TPSA) is 55.8 Å². The van der Waals surface area contributed by atoms with Crippen molar-refractivity contribution < 1.29 is 23.0 Å². The Labute approximate surface area is 199 Å². The van der Waals surface area contributed by atoms with Gasteiger partial charge in [-0.15, -0.1) is 0 Å². The Kier molecular flexibility index (Phi) is 18.2. The van der Waals surface area contributed by atoms with Gasteiger partial charge in [-0.3, -0.25) is 9.05 Å². The Bertz CT molecular complexity index is 467. The second-order valence-corrected chi connectivity index (χ2v) is 11.7. The smallest absolute Gasteiger partial charge is 0.324 e. The zero-order chi connectivity index (χ0) is 23.4. The van der Waals surface area contributed by atoms with E-state index in [1.54, 1.807) is 0 Å². The van der Waals surface area contributed by atoms with Gasteiger partial charge in [-0.1, -0.05) is 96.8 Å². The van der Waals surface area contributed by atoms with Gasteiger partial charge in [0.1, 0.15) is 13.2 Å². The van der Waals surface area contributed by atoms with Crippen LogP contribution in [0.3, 0.4) is 0 Å². The Morgan fingerprint density at radius 2 is 1.06 bits per heavy atom. The second kappa shape index (κ2) is 19.4. The molecule has 1 N–H and O–H groups in total. The van der Waals surface area contributed by atoms with Crippen molar-refractivity contribution in [3.8, 4) is 0 Å². The zero-order valence-electron chi connectivity index (χ0n) is 21.5. The fourth-order valence-electron chi connectivity index (χ4n) is 4.74. The molecule has 32 heavy (non-hydrogen) atoms. The fourth-order valence-corrected chi connectivity index (χ4v) is 5.49. The van der Waals surface area contributed by atoms with Crippen LogP contribution in [0.25, 0.3) is 0 Å². The number of phosphoric ester groups is 1. The van der Waals surface area contributed by atoms with Gasteiger partial charge < -0.3 is 9.38 Å². The number of rotatable bonds is 20. The van der Waals surface area contributed by atoms with E-state index in [1.807, 2.05) is 0 Å². The highest BCUT2D eigenvalue weighted by atomic mass is 31.2. The molecule has 1 aliphatic heterocycles. The summed E-state index contributed by atoms with van der Waals surface area (Å²) in [5, 5.41) is 0. The minimum absolute atomic E-state index is 0.295. The van der Waals surface area contributed by atoms with Crippen LogP contribution >= 0.6 is 7.82 Å². The molecule has 0 amide bonds. The van der Waals surface area contributed by atoms with Crippen molar-refractivity contribution in [3.63, 3.8) is 0 Å². The predicted molar refractivity (Wildman–Crippen MR) is 136 cm³/mol. The molecule has 1 rings (SSSR count). The third-order valence-corrected chi connectivity index (χ3v) is 8.05. The van der Waals surface area contributed by atoms with Gasteiger partial charge in [0, 0.05) is 0 Å². The largest absolute Gasteiger partial charge is 0.472 e. The SMILES string of the molecule is CCCCCCCCCCCCCCCCOP(=O)(O)OCC[N+]1(C)CCCCCCC1. The third kappa shape index (κ3) is 17.5. The van der Waals surface area contributed by atoms with Crippen molar-refractivity contribution in [2.24, 2.45) is 0 Å². The zero-order valence-corrected chi connectivity index (χ0v) is 22.4. The van der Waals surface area contributed by atoms with Crippen molar-refractivity contribution in [1.29, 1.82) is 0 Å². The summed E-state index contributed by atoms with van der Waals surface area (Å²) in [5.74, 6) is 0. The van der Waals surface area contributed by atoms with Crippen molar-refractivity contribution >= 4 is 7.82 Å². The molecule has 1 fully saturated rings. The van der Waals surface area contributed by atoms with Crippen LogP contribution in [-0.4, -0.2) is 49.3 Å². The van der Waals surface area contributed by atoms with Crippen LogP contribution in [0, 0.1) is 0 Å². The highest BCUT2D eigenvalue weighted by Gasteiger charge is 2.26. The van der Waals surface area contributed by atoms with Crippen molar-refractivity contribution in [2.45, 2.75) is 129 Å². The van der Waals surface area contributed by atoms with E-state index in [1.165, 1.54) is 109 Å². The summed E-state index contributed by atoms with van der Waals surface area (Å²) < 4.78 is 23.5. The summed E-state index contributed by atoms with van der Waals surface area (Å²) in [6, 6.07) is 0. The third-order valence-electron chi connectivity index (χ3n) is 7.03. The fraction of sp³-hybridized carbons (Fsp3) is 1.00. The first-order valence-electron chi connectivity index (χ1n) is 13.9. The molecule has 1 atom stereocenters. The summed E-state index contributed by atoms with van der Waals surface area (Å²) in [6.07, 6.45) is 24.6. The van der Waals surface area contributed by atoms with Crippen LogP contribution in [0.4, 0.5) is 0 Å². The normalized spacial score (nSPS) is 18.7. The lowest BCUT2D eigenvalue weighted by atomic mass is 10.0. The van der Waals surface area contributed by atoms with E-state index in [-0.39, 0.29) is 0 Å².